The van der Waals surface area contributed by atoms with Crippen LogP contribution in [0.1, 0.15) is 13.8 Å². The number of nitrogens with zero attached hydrogens (tertiary/aromatic N) is 2. The van der Waals surface area contributed by atoms with Crippen LogP contribution in [0.2, 0.25) is 0 Å². The van der Waals surface area contributed by atoms with Gasteiger partial charge in [-0.05, 0) is 12.0 Å². The number of hydrogen-bond acceptors (Lipinski definition) is 4. The summed E-state index contributed by atoms with van der Waals surface area (Å²) in [7, 11) is 0. The third kappa shape index (κ3) is 2.03. The summed E-state index contributed by atoms with van der Waals surface area (Å²) in [4.78, 5) is 11.5. The van der Waals surface area contributed by atoms with Crippen LogP contribution in [0.25, 0.3) is 0 Å². The van der Waals surface area contributed by atoms with E-state index < -0.39 is 16.3 Å². The Morgan fingerprint density at radius 3 is 2.56 bits per heavy atom. The Morgan fingerprint density at radius 2 is 2.11 bits per heavy atom. The third-order valence-electron chi connectivity index (χ3n) is 3.49. The van der Waals surface area contributed by atoms with Gasteiger partial charge in [0.15, 0.2) is 5.82 Å². The number of halogens is 1. The molecular formula is C12H15FN2O3. The van der Waals surface area contributed by atoms with Crippen molar-refractivity contribution in [2.75, 3.05) is 18.0 Å². The molecule has 0 aromatic heterocycles. The topological polar surface area (TPSA) is 66.6 Å². The Labute approximate surface area is 104 Å². The van der Waals surface area contributed by atoms with Gasteiger partial charge in [-0.2, -0.15) is 0 Å². The van der Waals surface area contributed by atoms with Crippen molar-refractivity contribution in [3.63, 3.8) is 0 Å². The van der Waals surface area contributed by atoms with Gasteiger partial charge in [0.05, 0.1) is 16.7 Å². The van der Waals surface area contributed by atoms with Gasteiger partial charge in [-0.3, -0.25) is 10.1 Å². The van der Waals surface area contributed by atoms with Crippen LogP contribution < -0.4 is 4.90 Å². The maximum absolute atomic E-state index is 13.7. The smallest absolute Gasteiger partial charge is 0.272 e. The molecule has 98 valence electrons. The van der Waals surface area contributed by atoms with Crippen molar-refractivity contribution in [3.8, 4) is 0 Å². The Balaban J connectivity index is 2.15. The van der Waals surface area contributed by atoms with E-state index in [4.69, 9.17) is 0 Å². The average Bonchev–Trinajstić information content (AvgIpc) is 2.24. The molecule has 2 rings (SSSR count). The number of aliphatic hydroxyl groups is 1. The predicted octanol–water partition coefficient (Wildman–Crippen LogP) is 1.94. The van der Waals surface area contributed by atoms with E-state index in [1.165, 1.54) is 12.1 Å². The van der Waals surface area contributed by atoms with Crippen LogP contribution in [0.5, 0.6) is 0 Å². The molecule has 1 aliphatic heterocycles. The fraction of sp³-hybridized carbons (Fsp3) is 0.500. The zero-order chi connectivity index (χ0) is 13.5. The number of hydrogen-bond donors (Lipinski definition) is 1. The van der Waals surface area contributed by atoms with Crippen LogP contribution in [0.15, 0.2) is 18.2 Å². The number of nitro benzene ring substituents is 1. The molecular weight excluding hydrogens is 239 g/mol. The molecule has 6 heteroatoms. The molecule has 1 N–H and O–H groups in total. The highest BCUT2D eigenvalue weighted by Crippen LogP contribution is 2.35. The van der Waals surface area contributed by atoms with Gasteiger partial charge in [0.2, 0.25) is 0 Å². The van der Waals surface area contributed by atoms with Gasteiger partial charge in [0.25, 0.3) is 5.69 Å². The van der Waals surface area contributed by atoms with Gasteiger partial charge in [0.1, 0.15) is 5.60 Å². The molecule has 0 unspecified atom stereocenters. The first kappa shape index (κ1) is 12.8. The van der Waals surface area contributed by atoms with E-state index in [1.54, 1.807) is 4.90 Å². The van der Waals surface area contributed by atoms with Crippen molar-refractivity contribution in [1.82, 2.24) is 0 Å². The van der Waals surface area contributed by atoms with E-state index in [1.807, 2.05) is 13.8 Å². The molecule has 1 heterocycles. The average molecular weight is 254 g/mol. The number of anilines is 1. The predicted molar refractivity (Wildman–Crippen MR) is 65.1 cm³/mol. The lowest BCUT2D eigenvalue weighted by atomic mass is 9.82. The SMILES string of the molecule is CC(C)C1(O)CN(c2ccc([N+](=O)[O-])cc2F)C1. The second-order valence-electron chi connectivity index (χ2n) is 5.01. The quantitative estimate of drug-likeness (QED) is 0.661. The summed E-state index contributed by atoms with van der Waals surface area (Å²) in [5.41, 5.74) is -0.768. The van der Waals surface area contributed by atoms with Gasteiger partial charge in [-0.1, -0.05) is 13.8 Å². The monoisotopic (exact) mass is 254 g/mol. The lowest BCUT2D eigenvalue weighted by Gasteiger charge is -2.50. The van der Waals surface area contributed by atoms with Crippen LogP contribution in [0.3, 0.4) is 0 Å². The van der Waals surface area contributed by atoms with Crippen molar-refractivity contribution < 1.29 is 14.4 Å². The fourth-order valence-corrected chi connectivity index (χ4v) is 2.02. The van der Waals surface area contributed by atoms with Crippen molar-refractivity contribution in [2.45, 2.75) is 19.4 Å². The highest BCUT2D eigenvalue weighted by Gasteiger charge is 2.44. The van der Waals surface area contributed by atoms with E-state index in [0.29, 0.717) is 18.8 Å². The summed E-state index contributed by atoms with van der Waals surface area (Å²) < 4.78 is 13.7. The van der Waals surface area contributed by atoms with Crippen molar-refractivity contribution >= 4 is 11.4 Å². The van der Waals surface area contributed by atoms with E-state index in [9.17, 15) is 19.6 Å². The molecule has 0 atom stereocenters. The Bertz CT molecular complexity index is 484. The lowest BCUT2D eigenvalue weighted by molar-refractivity contribution is -0.385. The van der Waals surface area contributed by atoms with E-state index in [2.05, 4.69) is 0 Å². The largest absolute Gasteiger partial charge is 0.386 e. The van der Waals surface area contributed by atoms with Gasteiger partial charge in [-0.15, -0.1) is 0 Å². The van der Waals surface area contributed by atoms with Crippen LogP contribution in [-0.4, -0.2) is 28.7 Å². The molecule has 1 aliphatic rings. The molecule has 0 spiro atoms. The minimum Gasteiger partial charge on any atom is -0.386 e. The molecule has 1 saturated heterocycles. The van der Waals surface area contributed by atoms with Crippen LogP contribution in [0, 0.1) is 21.8 Å². The van der Waals surface area contributed by atoms with Gasteiger partial charge >= 0.3 is 0 Å². The Hall–Kier alpha value is -1.69. The summed E-state index contributed by atoms with van der Waals surface area (Å²) in [6, 6.07) is 3.56. The molecule has 1 aromatic rings. The highest BCUT2D eigenvalue weighted by molar-refractivity contribution is 5.55. The molecule has 0 saturated carbocycles. The number of benzene rings is 1. The molecule has 0 bridgehead atoms. The summed E-state index contributed by atoms with van der Waals surface area (Å²) in [6.07, 6.45) is 0. The van der Waals surface area contributed by atoms with Crippen LogP contribution in [-0.2, 0) is 0 Å². The summed E-state index contributed by atoms with van der Waals surface area (Å²) in [5.74, 6) is -0.537. The van der Waals surface area contributed by atoms with Gasteiger partial charge < -0.3 is 10.0 Å². The number of nitro groups is 1. The summed E-state index contributed by atoms with van der Waals surface area (Å²) in [6.45, 7) is 4.51. The third-order valence-corrected chi connectivity index (χ3v) is 3.49. The zero-order valence-corrected chi connectivity index (χ0v) is 10.3. The number of rotatable bonds is 3. The Kier molecular flexibility index (Phi) is 2.98. The van der Waals surface area contributed by atoms with Crippen LogP contribution in [0.4, 0.5) is 15.8 Å². The van der Waals surface area contributed by atoms with Gasteiger partial charge in [-0.25, -0.2) is 4.39 Å². The molecule has 5 nitrogen and oxygen atoms in total. The Morgan fingerprint density at radius 1 is 1.50 bits per heavy atom. The van der Waals surface area contributed by atoms with E-state index >= 15 is 0 Å². The van der Waals surface area contributed by atoms with Crippen LogP contribution >= 0.6 is 0 Å². The molecule has 18 heavy (non-hydrogen) atoms. The first-order chi connectivity index (χ1) is 8.33. The first-order valence-corrected chi connectivity index (χ1v) is 5.75. The molecule has 0 amide bonds. The van der Waals surface area contributed by atoms with Crippen molar-refractivity contribution in [1.29, 1.82) is 0 Å². The maximum Gasteiger partial charge on any atom is 0.272 e. The van der Waals surface area contributed by atoms with Gasteiger partial charge in [0, 0.05) is 19.2 Å². The first-order valence-electron chi connectivity index (χ1n) is 5.75. The summed E-state index contributed by atoms with van der Waals surface area (Å²) in [5, 5.41) is 20.6. The van der Waals surface area contributed by atoms with Crippen molar-refractivity contribution in [3.05, 3.63) is 34.1 Å². The standard InChI is InChI=1S/C12H15FN2O3/c1-8(2)12(16)6-14(7-12)11-4-3-9(15(17)18)5-10(11)13/h3-5,8,16H,6-7H2,1-2H3. The van der Waals surface area contributed by atoms with E-state index in [0.717, 1.165) is 6.07 Å². The second-order valence-corrected chi connectivity index (χ2v) is 5.01. The number of β-amino-alcohol motifs (C(OH)–C–C–N with tert-alkyl or cyclic N) is 1. The highest BCUT2D eigenvalue weighted by atomic mass is 19.1. The van der Waals surface area contributed by atoms with Crippen molar-refractivity contribution in [2.24, 2.45) is 5.92 Å². The molecule has 1 fully saturated rings. The maximum atomic E-state index is 13.7. The molecule has 1 aromatic carbocycles. The van der Waals surface area contributed by atoms with E-state index in [-0.39, 0.29) is 11.6 Å². The number of non-ortho nitro benzene ring substituents is 1. The minimum absolute atomic E-state index is 0.0925. The minimum atomic E-state index is -0.797. The fourth-order valence-electron chi connectivity index (χ4n) is 2.02. The second kappa shape index (κ2) is 4.20. The summed E-state index contributed by atoms with van der Waals surface area (Å²) >= 11 is 0. The zero-order valence-electron chi connectivity index (χ0n) is 10.3. The molecule has 0 radical (unpaired) electrons. The normalized spacial score (nSPS) is 17.7. The lowest BCUT2D eigenvalue weighted by Crippen LogP contribution is -2.65. The molecule has 0 aliphatic carbocycles.